The fourth-order valence-corrected chi connectivity index (χ4v) is 5.21. The standard InChI is InChI=1S/C31H36N8O4/c1-19(10-11-22(32-4)12-15-27(41)37-43)18-38(5)24-13-14-26(33-16-24)35-31-34-17-25-20(2)28(21(3)40)30(42)39(29(25)36-31)23-8-6-7-9-23/h10-17,23,43H,4,6-9,18H2,1-3,5H3,(H,37,41)(H,33,34,35,36)/b15-12+,19-10+,22-11-. The first kappa shape index (κ1) is 31.0. The summed E-state index contributed by atoms with van der Waals surface area (Å²) in [5.74, 6) is -0.0609. The second-order valence-electron chi connectivity index (χ2n) is 10.6. The average Bonchev–Trinajstić information content (AvgIpc) is 3.51. The normalized spacial score (nSPS) is 14.3. The number of Topliss-reactive ketones (excluding diaryl/α,β-unsaturated/α-hetero) is 1. The summed E-state index contributed by atoms with van der Waals surface area (Å²) in [5, 5.41) is 12.4. The predicted octanol–water partition coefficient (Wildman–Crippen LogP) is 4.58. The molecule has 0 spiro atoms. The summed E-state index contributed by atoms with van der Waals surface area (Å²) >= 11 is 0. The Morgan fingerprint density at radius 2 is 1.91 bits per heavy atom. The van der Waals surface area contributed by atoms with Gasteiger partial charge in [0.25, 0.3) is 11.5 Å². The Hall–Kier alpha value is -4.97. The number of hydrogen-bond acceptors (Lipinski definition) is 10. The van der Waals surface area contributed by atoms with Crippen molar-refractivity contribution in [3.8, 4) is 0 Å². The number of likely N-dealkylation sites (N-methyl/N-ethyl adjacent to an activating group) is 1. The highest BCUT2D eigenvalue weighted by atomic mass is 16.5. The Morgan fingerprint density at radius 1 is 1.16 bits per heavy atom. The van der Waals surface area contributed by atoms with Crippen molar-refractivity contribution in [3.05, 3.63) is 81.6 Å². The molecule has 0 radical (unpaired) electrons. The lowest BCUT2D eigenvalue weighted by Crippen LogP contribution is -2.30. The first-order valence-electron chi connectivity index (χ1n) is 14.0. The van der Waals surface area contributed by atoms with Crippen LogP contribution in [0.5, 0.6) is 0 Å². The van der Waals surface area contributed by atoms with E-state index in [-0.39, 0.29) is 22.9 Å². The van der Waals surface area contributed by atoms with E-state index in [4.69, 9.17) is 10.2 Å². The lowest BCUT2D eigenvalue weighted by Gasteiger charge is -2.20. The lowest BCUT2D eigenvalue weighted by molar-refractivity contribution is -0.124. The maximum Gasteiger partial charge on any atom is 0.267 e. The molecule has 0 atom stereocenters. The van der Waals surface area contributed by atoms with Crippen molar-refractivity contribution in [1.82, 2.24) is 25.0 Å². The van der Waals surface area contributed by atoms with Crippen LogP contribution in [0.2, 0.25) is 0 Å². The molecule has 3 heterocycles. The molecular formula is C31H36N8O4. The number of carbonyl (C=O) groups excluding carboxylic acids is 2. The van der Waals surface area contributed by atoms with Crippen LogP contribution in [-0.4, -0.2) is 56.7 Å². The number of nitrogens with zero attached hydrogens (tertiary/aromatic N) is 6. The number of allylic oxidation sites excluding steroid dienone is 3. The van der Waals surface area contributed by atoms with E-state index >= 15 is 0 Å². The number of nitrogens with one attached hydrogen (secondary N) is 2. The third kappa shape index (κ3) is 7.28. The van der Waals surface area contributed by atoms with E-state index < -0.39 is 5.91 Å². The summed E-state index contributed by atoms with van der Waals surface area (Å²) in [7, 11) is 1.94. The van der Waals surface area contributed by atoms with Gasteiger partial charge in [0.2, 0.25) is 5.95 Å². The van der Waals surface area contributed by atoms with E-state index in [9.17, 15) is 14.4 Å². The summed E-state index contributed by atoms with van der Waals surface area (Å²) < 4.78 is 1.69. The molecule has 0 aromatic carbocycles. The molecule has 0 unspecified atom stereocenters. The summed E-state index contributed by atoms with van der Waals surface area (Å²) in [6.45, 7) is 9.25. The molecule has 0 aliphatic heterocycles. The summed E-state index contributed by atoms with van der Waals surface area (Å²) in [4.78, 5) is 56.5. The van der Waals surface area contributed by atoms with Crippen molar-refractivity contribution in [2.75, 3.05) is 23.8 Å². The Balaban J connectivity index is 1.52. The third-order valence-corrected chi connectivity index (χ3v) is 7.40. The average molecular weight is 585 g/mol. The van der Waals surface area contributed by atoms with Crippen molar-refractivity contribution in [3.63, 3.8) is 0 Å². The smallest absolute Gasteiger partial charge is 0.267 e. The van der Waals surface area contributed by atoms with Crippen LogP contribution in [0.25, 0.3) is 11.0 Å². The molecular weight excluding hydrogens is 548 g/mol. The molecule has 1 aliphatic carbocycles. The van der Waals surface area contributed by atoms with Crippen LogP contribution in [-0.2, 0) is 4.79 Å². The highest BCUT2D eigenvalue weighted by Gasteiger charge is 2.25. The maximum atomic E-state index is 13.4. The second kappa shape index (κ2) is 13.8. The number of rotatable bonds is 11. The second-order valence-corrected chi connectivity index (χ2v) is 10.6. The Labute approximate surface area is 249 Å². The topological polar surface area (TPSA) is 155 Å². The Bertz CT molecular complexity index is 1680. The van der Waals surface area contributed by atoms with Crippen molar-refractivity contribution < 1.29 is 14.8 Å². The zero-order valence-electron chi connectivity index (χ0n) is 24.8. The van der Waals surface area contributed by atoms with Crippen LogP contribution in [0, 0.1) is 6.92 Å². The number of ketones is 1. The van der Waals surface area contributed by atoms with E-state index in [0.29, 0.717) is 40.6 Å². The van der Waals surface area contributed by atoms with Crippen molar-refractivity contribution in [2.45, 2.75) is 52.5 Å². The molecule has 12 heteroatoms. The van der Waals surface area contributed by atoms with Crippen molar-refractivity contribution >= 4 is 46.9 Å². The number of hydroxylamine groups is 1. The van der Waals surface area contributed by atoms with Crippen molar-refractivity contribution in [2.24, 2.45) is 4.99 Å². The van der Waals surface area contributed by atoms with E-state index in [1.807, 2.05) is 37.1 Å². The van der Waals surface area contributed by atoms with Crippen LogP contribution in [0.4, 0.5) is 17.5 Å². The van der Waals surface area contributed by atoms with E-state index in [0.717, 1.165) is 43.0 Å². The highest BCUT2D eigenvalue weighted by molar-refractivity contribution is 5.99. The number of carbonyl (C=O) groups is 2. The minimum atomic E-state index is -0.657. The maximum absolute atomic E-state index is 13.4. The predicted molar refractivity (Wildman–Crippen MR) is 167 cm³/mol. The number of aryl methyl sites for hydroxylation is 1. The molecule has 4 rings (SSSR count). The van der Waals surface area contributed by atoms with Gasteiger partial charge in [0, 0.05) is 37.3 Å². The van der Waals surface area contributed by atoms with Crippen molar-refractivity contribution in [1.29, 1.82) is 0 Å². The van der Waals surface area contributed by atoms with Gasteiger partial charge in [-0.3, -0.25) is 29.2 Å². The number of hydrogen-bond donors (Lipinski definition) is 3. The quantitative estimate of drug-likeness (QED) is 0.0733. The fourth-order valence-electron chi connectivity index (χ4n) is 5.21. The lowest BCUT2D eigenvalue weighted by atomic mass is 10.0. The molecule has 1 amide bonds. The molecule has 0 saturated heterocycles. The molecule has 3 aromatic heterocycles. The molecule has 3 aromatic rings. The third-order valence-electron chi connectivity index (χ3n) is 7.40. The van der Waals surface area contributed by atoms with E-state index in [1.165, 1.54) is 18.5 Å². The van der Waals surface area contributed by atoms with Gasteiger partial charge in [-0.25, -0.2) is 15.4 Å². The van der Waals surface area contributed by atoms with Gasteiger partial charge < -0.3 is 10.2 Å². The largest absolute Gasteiger partial charge is 0.369 e. The summed E-state index contributed by atoms with van der Waals surface area (Å²) in [6, 6.07) is 3.74. The highest BCUT2D eigenvalue weighted by Crippen LogP contribution is 2.32. The van der Waals surface area contributed by atoms with Crippen LogP contribution in [0.3, 0.4) is 0 Å². The number of fused-ring (bicyclic) bond motifs is 1. The van der Waals surface area contributed by atoms with E-state index in [2.05, 4.69) is 27.0 Å². The van der Waals surface area contributed by atoms with Gasteiger partial charge in [0.15, 0.2) is 5.78 Å². The zero-order valence-corrected chi connectivity index (χ0v) is 24.8. The number of aromatic nitrogens is 4. The van der Waals surface area contributed by atoms with E-state index in [1.54, 1.807) is 30.0 Å². The summed E-state index contributed by atoms with van der Waals surface area (Å²) in [6.07, 6.45) is 13.4. The molecule has 12 nitrogen and oxygen atoms in total. The van der Waals surface area contributed by atoms with Crippen LogP contribution < -0.4 is 21.3 Å². The molecule has 1 fully saturated rings. The fraction of sp³-hybridized carbons (Fsp3) is 0.323. The first-order valence-corrected chi connectivity index (χ1v) is 14.0. The number of anilines is 3. The van der Waals surface area contributed by atoms with Gasteiger partial charge >= 0.3 is 0 Å². The molecule has 0 bridgehead atoms. The van der Waals surface area contributed by atoms with Crippen LogP contribution >= 0.6 is 0 Å². The Morgan fingerprint density at radius 3 is 2.53 bits per heavy atom. The minimum absolute atomic E-state index is 0.00115. The number of aliphatic imine (C=N–C) groups is 1. The van der Waals surface area contributed by atoms with Gasteiger partial charge in [0.05, 0.1) is 23.1 Å². The first-order chi connectivity index (χ1) is 20.6. The van der Waals surface area contributed by atoms with Gasteiger partial charge in [-0.05, 0) is 70.2 Å². The zero-order chi connectivity index (χ0) is 31.1. The molecule has 43 heavy (non-hydrogen) atoms. The SMILES string of the molecule is C=NC(=C\C=C(/C)CN(C)c1ccc(Nc2ncc3c(C)c(C(C)=O)c(=O)n(C4CCCC4)c3n2)nc1)/C=C/C(=O)NO. The Kier molecular flexibility index (Phi) is 9.94. The van der Waals surface area contributed by atoms with Crippen LogP contribution in [0.15, 0.2) is 69.9 Å². The van der Waals surface area contributed by atoms with Gasteiger partial charge in [0.1, 0.15) is 11.5 Å². The van der Waals surface area contributed by atoms with Gasteiger partial charge in [-0.1, -0.05) is 24.5 Å². The number of amides is 1. The molecule has 1 aliphatic rings. The molecule has 224 valence electrons. The minimum Gasteiger partial charge on any atom is -0.369 e. The summed E-state index contributed by atoms with van der Waals surface area (Å²) in [5.41, 5.74) is 4.92. The molecule has 3 N–H and O–H groups in total. The monoisotopic (exact) mass is 584 g/mol. The number of pyridine rings is 2. The molecule has 1 saturated carbocycles. The van der Waals surface area contributed by atoms with Crippen LogP contribution in [0.1, 0.15) is 61.5 Å². The van der Waals surface area contributed by atoms with Gasteiger partial charge in [-0.2, -0.15) is 4.98 Å². The van der Waals surface area contributed by atoms with Gasteiger partial charge in [-0.15, -0.1) is 0 Å².